The van der Waals surface area contributed by atoms with Gasteiger partial charge >= 0.3 is 0 Å². The van der Waals surface area contributed by atoms with Gasteiger partial charge in [0.15, 0.2) is 0 Å². The van der Waals surface area contributed by atoms with Gasteiger partial charge in [-0.2, -0.15) is 0 Å². The molecule has 3 heteroatoms. The fourth-order valence-electron chi connectivity index (χ4n) is 1.93. The normalized spacial score (nSPS) is 19.7. The highest BCUT2D eigenvalue weighted by atomic mass is 16.5. The monoisotopic (exact) mass is 190 g/mol. The molecule has 3 rings (SSSR count). The van der Waals surface area contributed by atoms with E-state index in [1.54, 1.807) is 0 Å². The number of hydrogen-bond acceptors (Lipinski definition) is 3. The lowest BCUT2D eigenvalue weighted by molar-refractivity contribution is 0.143. The van der Waals surface area contributed by atoms with Gasteiger partial charge in [0.05, 0.1) is 5.69 Å². The molecule has 0 amide bonds. The number of para-hydroxylation sites is 1. The smallest absolute Gasteiger partial charge is 0.143 e. The molecule has 2 heterocycles. The zero-order chi connectivity index (χ0) is 9.38. The van der Waals surface area contributed by atoms with E-state index in [4.69, 9.17) is 4.74 Å². The summed E-state index contributed by atoms with van der Waals surface area (Å²) >= 11 is 0. The Kier molecular flexibility index (Phi) is 1.84. The van der Waals surface area contributed by atoms with Crippen LogP contribution in [-0.4, -0.2) is 25.7 Å². The van der Waals surface area contributed by atoms with Gasteiger partial charge < -0.3 is 15.4 Å². The van der Waals surface area contributed by atoms with Crippen LogP contribution in [0.3, 0.4) is 0 Å². The van der Waals surface area contributed by atoms with E-state index in [0.29, 0.717) is 6.10 Å². The molecule has 1 saturated heterocycles. The molecular weight excluding hydrogens is 176 g/mol. The van der Waals surface area contributed by atoms with Gasteiger partial charge in [0.1, 0.15) is 11.9 Å². The Labute approximate surface area is 83.5 Å². The summed E-state index contributed by atoms with van der Waals surface area (Å²) in [5.74, 6) is 1.02. The van der Waals surface area contributed by atoms with Crippen molar-refractivity contribution in [3.05, 3.63) is 23.8 Å². The van der Waals surface area contributed by atoms with Crippen molar-refractivity contribution in [3.8, 4) is 5.75 Å². The van der Waals surface area contributed by atoms with Crippen LogP contribution >= 0.6 is 0 Å². The summed E-state index contributed by atoms with van der Waals surface area (Å²) in [5, 5.41) is 6.58. The van der Waals surface area contributed by atoms with Crippen LogP contribution in [0.15, 0.2) is 18.2 Å². The molecule has 0 aromatic heterocycles. The van der Waals surface area contributed by atoms with Gasteiger partial charge in [0.25, 0.3) is 0 Å². The summed E-state index contributed by atoms with van der Waals surface area (Å²) in [7, 11) is 0. The summed E-state index contributed by atoms with van der Waals surface area (Å²) in [5.41, 5.74) is 2.59. The molecule has 0 saturated carbocycles. The quantitative estimate of drug-likeness (QED) is 0.730. The standard InChI is InChI=1S/C11H14N2O/c1-2-8-4-5-13-11(8)10(3-1)14-9-6-12-7-9/h1-3,9,12-13H,4-7H2. The first-order chi connectivity index (χ1) is 6.93. The molecule has 0 spiro atoms. The molecule has 2 aliphatic rings. The number of hydrogen-bond donors (Lipinski definition) is 2. The third-order valence-electron chi connectivity index (χ3n) is 2.85. The lowest BCUT2D eigenvalue weighted by Crippen LogP contribution is -2.50. The minimum Gasteiger partial charge on any atom is -0.486 e. The van der Waals surface area contributed by atoms with Crippen molar-refractivity contribution < 1.29 is 4.74 Å². The molecule has 0 radical (unpaired) electrons. The van der Waals surface area contributed by atoms with Crippen molar-refractivity contribution in [3.63, 3.8) is 0 Å². The number of rotatable bonds is 2. The van der Waals surface area contributed by atoms with Crippen molar-refractivity contribution >= 4 is 5.69 Å². The minimum atomic E-state index is 0.365. The molecule has 2 aliphatic heterocycles. The van der Waals surface area contributed by atoms with E-state index in [1.807, 2.05) is 0 Å². The molecule has 0 aliphatic carbocycles. The molecule has 2 N–H and O–H groups in total. The Balaban J connectivity index is 1.85. The van der Waals surface area contributed by atoms with Gasteiger partial charge in [0.2, 0.25) is 0 Å². The van der Waals surface area contributed by atoms with Crippen LogP contribution < -0.4 is 15.4 Å². The number of benzene rings is 1. The topological polar surface area (TPSA) is 33.3 Å². The molecule has 0 unspecified atom stereocenters. The number of fused-ring (bicyclic) bond motifs is 1. The van der Waals surface area contributed by atoms with Gasteiger partial charge in [-0.05, 0) is 18.1 Å². The van der Waals surface area contributed by atoms with Crippen LogP contribution in [0.4, 0.5) is 5.69 Å². The summed E-state index contributed by atoms with van der Waals surface area (Å²) < 4.78 is 5.87. The highest BCUT2D eigenvalue weighted by Crippen LogP contribution is 2.33. The zero-order valence-corrected chi connectivity index (χ0v) is 8.05. The molecule has 74 valence electrons. The summed E-state index contributed by atoms with van der Waals surface area (Å²) in [6, 6.07) is 6.30. The van der Waals surface area contributed by atoms with Crippen molar-refractivity contribution in [2.24, 2.45) is 0 Å². The molecule has 3 nitrogen and oxygen atoms in total. The van der Waals surface area contributed by atoms with E-state index in [-0.39, 0.29) is 0 Å². The Bertz CT molecular complexity index is 347. The molecule has 0 bridgehead atoms. The molecule has 1 aromatic carbocycles. The van der Waals surface area contributed by atoms with Crippen LogP contribution in [0.5, 0.6) is 5.75 Å². The second-order valence-electron chi connectivity index (χ2n) is 3.87. The molecule has 1 fully saturated rings. The third kappa shape index (κ3) is 1.24. The van der Waals surface area contributed by atoms with Gasteiger partial charge in [-0.25, -0.2) is 0 Å². The lowest BCUT2D eigenvalue weighted by Gasteiger charge is -2.28. The average Bonchev–Trinajstić information content (AvgIpc) is 2.59. The maximum Gasteiger partial charge on any atom is 0.143 e. The van der Waals surface area contributed by atoms with Crippen LogP contribution in [0, 0.1) is 0 Å². The highest BCUT2D eigenvalue weighted by Gasteiger charge is 2.21. The van der Waals surface area contributed by atoms with Gasteiger partial charge in [-0.1, -0.05) is 12.1 Å². The SMILES string of the molecule is c1cc2c(c(OC3CNC3)c1)NCC2. The van der Waals surface area contributed by atoms with E-state index in [0.717, 1.165) is 31.8 Å². The first-order valence-electron chi connectivity index (χ1n) is 5.16. The number of nitrogens with one attached hydrogen (secondary N) is 2. The maximum atomic E-state index is 5.87. The second kappa shape index (κ2) is 3.17. The Morgan fingerprint density at radius 3 is 3.00 bits per heavy atom. The minimum absolute atomic E-state index is 0.365. The molecule has 0 atom stereocenters. The second-order valence-corrected chi connectivity index (χ2v) is 3.87. The Morgan fingerprint density at radius 1 is 1.29 bits per heavy atom. The van der Waals surface area contributed by atoms with Crippen LogP contribution in [-0.2, 0) is 6.42 Å². The molecule has 1 aromatic rings. The average molecular weight is 190 g/mol. The van der Waals surface area contributed by atoms with E-state index >= 15 is 0 Å². The van der Waals surface area contributed by atoms with E-state index in [1.165, 1.54) is 11.3 Å². The predicted molar refractivity (Wildman–Crippen MR) is 55.9 cm³/mol. The lowest BCUT2D eigenvalue weighted by atomic mass is 10.1. The summed E-state index contributed by atoms with van der Waals surface area (Å²) in [6.45, 7) is 2.99. The predicted octanol–water partition coefficient (Wildman–Crippen LogP) is 1.01. The summed E-state index contributed by atoms with van der Waals surface area (Å²) in [4.78, 5) is 0. The Hall–Kier alpha value is -1.22. The van der Waals surface area contributed by atoms with Crippen LogP contribution in [0.1, 0.15) is 5.56 Å². The fraction of sp³-hybridized carbons (Fsp3) is 0.455. The molecule has 14 heavy (non-hydrogen) atoms. The van der Waals surface area contributed by atoms with E-state index in [9.17, 15) is 0 Å². The van der Waals surface area contributed by atoms with Crippen molar-refractivity contribution in [2.45, 2.75) is 12.5 Å². The maximum absolute atomic E-state index is 5.87. The summed E-state index contributed by atoms with van der Waals surface area (Å²) in [6.07, 6.45) is 1.49. The zero-order valence-electron chi connectivity index (χ0n) is 8.05. The van der Waals surface area contributed by atoms with Crippen LogP contribution in [0.25, 0.3) is 0 Å². The fourth-order valence-corrected chi connectivity index (χ4v) is 1.93. The highest BCUT2D eigenvalue weighted by molar-refractivity contribution is 5.65. The molecular formula is C11H14N2O. The van der Waals surface area contributed by atoms with Crippen LogP contribution in [0.2, 0.25) is 0 Å². The number of ether oxygens (including phenoxy) is 1. The Morgan fingerprint density at radius 2 is 2.21 bits per heavy atom. The van der Waals surface area contributed by atoms with Gasteiger partial charge in [0, 0.05) is 19.6 Å². The largest absolute Gasteiger partial charge is 0.486 e. The van der Waals surface area contributed by atoms with Crippen molar-refractivity contribution in [1.82, 2.24) is 5.32 Å². The number of anilines is 1. The van der Waals surface area contributed by atoms with Gasteiger partial charge in [-0.15, -0.1) is 0 Å². The first kappa shape index (κ1) is 8.12. The third-order valence-corrected chi connectivity index (χ3v) is 2.85. The van der Waals surface area contributed by atoms with Crippen molar-refractivity contribution in [1.29, 1.82) is 0 Å². The van der Waals surface area contributed by atoms with Crippen molar-refractivity contribution in [2.75, 3.05) is 25.0 Å². The van der Waals surface area contributed by atoms with Gasteiger partial charge in [-0.3, -0.25) is 0 Å². The van der Waals surface area contributed by atoms with E-state index < -0.39 is 0 Å². The first-order valence-corrected chi connectivity index (χ1v) is 5.16. The van der Waals surface area contributed by atoms with E-state index in [2.05, 4.69) is 28.8 Å².